The summed E-state index contributed by atoms with van der Waals surface area (Å²) < 4.78 is 6.45. The summed E-state index contributed by atoms with van der Waals surface area (Å²) in [5, 5.41) is 0.992. The molecule has 16 heavy (non-hydrogen) atoms. The Kier molecular flexibility index (Phi) is 3.15. The molecule has 0 spiro atoms. The number of nitrogens with zero attached hydrogens (tertiary/aromatic N) is 1. The van der Waals surface area contributed by atoms with Crippen LogP contribution in [0.3, 0.4) is 0 Å². The molecule has 3 nitrogen and oxygen atoms in total. The van der Waals surface area contributed by atoms with Crippen molar-refractivity contribution >= 4 is 28.6 Å². The maximum atomic E-state index is 11.6. The third kappa shape index (κ3) is 1.91. The number of hydrogen-bond acceptors (Lipinski definition) is 2. The maximum Gasteiger partial charge on any atom is 0.418 e. The zero-order valence-electron chi connectivity index (χ0n) is 8.94. The molecule has 4 heteroatoms. The molecule has 0 N–H and O–H groups in total. The number of aromatic nitrogens is 1. The van der Waals surface area contributed by atoms with Crippen LogP contribution in [0.25, 0.3) is 10.9 Å². The summed E-state index contributed by atoms with van der Waals surface area (Å²) in [7, 11) is 0. The molecule has 84 valence electrons. The Hall–Kier alpha value is -1.48. The molecule has 1 aromatic carbocycles. The van der Waals surface area contributed by atoms with Crippen molar-refractivity contribution in [3.05, 3.63) is 36.0 Å². The van der Waals surface area contributed by atoms with E-state index in [9.17, 15) is 4.79 Å². The van der Waals surface area contributed by atoms with E-state index >= 15 is 0 Å². The number of carbonyl (C=O) groups excluding carboxylic acids is 1. The third-order valence-corrected chi connectivity index (χ3v) is 2.68. The van der Waals surface area contributed by atoms with Crippen molar-refractivity contribution in [3.8, 4) is 0 Å². The highest BCUT2D eigenvalue weighted by molar-refractivity contribution is 6.17. The minimum absolute atomic E-state index is 0.351. The smallest absolute Gasteiger partial charge is 0.418 e. The van der Waals surface area contributed by atoms with Gasteiger partial charge >= 0.3 is 6.09 Å². The number of ether oxygens (including phenoxy) is 1. The van der Waals surface area contributed by atoms with E-state index in [2.05, 4.69) is 0 Å². The normalized spacial score (nSPS) is 10.6. The molecule has 0 fully saturated rings. The molecule has 0 amide bonds. The molecule has 0 saturated heterocycles. The van der Waals surface area contributed by atoms with Crippen LogP contribution >= 0.6 is 11.6 Å². The van der Waals surface area contributed by atoms with Gasteiger partial charge in [0.05, 0.1) is 12.1 Å². The van der Waals surface area contributed by atoms with Crippen LogP contribution in [0.15, 0.2) is 30.5 Å². The summed E-state index contributed by atoms with van der Waals surface area (Å²) in [4.78, 5) is 11.6. The van der Waals surface area contributed by atoms with Crippen LogP contribution in [-0.4, -0.2) is 17.3 Å². The molecule has 2 rings (SSSR count). The lowest BCUT2D eigenvalue weighted by atomic mass is 10.2. The molecule has 0 saturated carbocycles. The van der Waals surface area contributed by atoms with Crippen LogP contribution in [-0.2, 0) is 10.6 Å². The average molecular weight is 238 g/mol. The van der Waals surface area contributed by atoms with Crippen molar-refractivity contribution < 1.29 is 9.53 Å². The van der Waals surface area contributed by atoms with Gasteiger partial charge in [-0.3, -0.25) is 4.57 Å². The molecule has 0 unspecified atom stereocenters. The molecule has 0 aliphatic rings. The molecular weight excluding hydrogens is 226 g/mol. The van der Waals surface area contributed by atoms with Crippen molar-refractivity contribution in [1.82, 2.24) is 4.57 Å². The molecule has 0 aliphatic carbocycles. The minimum atomic E-state index is -0.351. The number of carbonyl (C=O) groups is 1. The largest absolute Gasteiger partial charge is 0.449 e. The van der Waals surface area contributed by atoms with Crippen molar-refractivity contribution in [2.45, 2.75) is 12.8 Å². The van der Waals surface area contributed by atoms with Gasteiger partial charge in [-0.15, -0.1) is 11.6 Å². The van der Waals surface area contributed by atoms with Gasteiger partial charge in [-0.2, -0.15) is 0 Å². The van der Waals surface area contributed by atoms with Gasteiger partial charge in [0.15, 0.2) is 0 Å². The Bertz CT molecular complexity index is 519. The predicted octanol–water partition coefficient (Wildman–Crippen LogP) is 3.38. The van der Waals surface area contributed by atoms with Crippen LogP contribution < -0.4 is 0 Å². The first-order valence-electron chi connectivity index (χ1n) is 5.09. The standard InChI is InChI=1S/C12H12ClNO2/c1-2-16-12(15)14-6-5-10-7-9(8-13)3-4-11(10)14/h3-7H,2,8H2,1H3. The lowest BCUT2D eigenvalue weighted by molar-refractivity contribution is 0.155. The summed E-state index contributed by atoms with van der Waals surface area (Å²) in [6, 6.07) is 7.63. The van der Waals surface area contributed by atoms with Gasteiger partial charge in [-0.1, -0.05) is 6.07 Å². The fraction of sp³-hybridized carbons (Fsp3) is 0.250. The zero-order valence-corrected chi connectivity index (χ0v) is 9.70. The summed E-state index contributed by atoms with van der Waals surface area (Å²) in [5.74, 6) is 0.473. The van der Waals surface area contributed by atoms with E-state index in [-0.39, 0.29) is 6.09 Å². The van der Waals surface area contributed by atoms with Crippen LogP contribution in [0.2, 0.25) is 0 Å². The van der Waals surface area contributed by atoms with Gasteiger partial charge in [-0.05, 0) is 30.7 Å². The Labute approximate surface area is 98.6 Å². The highest BCUT2D eigenvalue weighted by Crippen LogP contribution is 2.18. The van der Waals surface area contributed by atoms with E-state index < -0.39 is 0 Å². The fourth-order valence-electron chi connectivity index (χ4n) is 1.63. The van der Waals surface area contributed by atoms with Gasteiger partial charge < -0.3 is 4.74 Å². The van der Waals surface area contributed by atoms with E-state index in [1.807, 2.05) is 24.3 Å². The Morgan fingerprint density at radius 3 is 2.94 bits per heavy atom. The van der Waals surface area contributed by atoms with Crippen LogP contribution in [0, 0.1) is 0 Å². The molecule has 1 heterocycles. The van der Waals surface area contributed by atoms with Crippen LogP contribution in [0.5, 0.6) is 0 Å². The van der Waals surface area contributed by atoms with E-state index in [1.165, 1.54) is 4.57 Å². The molecule has 0 aliphatic heterocycles. The maximum absolute atomic E-state index is 11.6. The van der Waals surface area contributed by atoms with E-state index in [0.29, 0.717) is 12.5 Å². The molecule has 1 aromatic heterocycles. The summed E-state index contributed by atoms with van der Waals surface area (Å²) in [5.41, 5.74) is 1.88. The summed E-state index contributed by atoms with van der Waals surface area (Å²) >= 11 is 5.75. The number of alkyl halides is 1. The second-order valence-corrected chi connectivity index (χ2v) is 3.68. The number of halogens is 1. The molecule has 0 bridgehead atoms. The monoisotopic (exact) mass is 237 g/mol. The highest BCUT2D eigenvalue weighted by atomic mass is 35.5. The van der Waals surface area contributed by atoms with Crippen molar-refractivity contribution in [3.63, 3.8) is 0 Å². The Morgan fingerprint density at radius 1 is 1.44 bits per heavy atom. The Morgan fingerprint density at radius 2 is 2.25 bits per heavy atom. The molecule has 2 aromatic rings. The summed E-state index contributed by atoms with van der Waals surface area (Å²) in [6.45, 7) is 2.16. The van der Waals surface area contributed by atoms with Crippen molar-refractivity contribution in [1.29, 1.82) is 0 Å². The average Bonchev–Trinajstić information content (AvgIpc) is 2.71. The molecular formula is C12H12ClNO2. The van der Waals surface area contributed by atoms with Gasteiger partial charge in [0.2, 0.25) is 0 Å². The van der Waals surface area contributed by atoms with Crippen molar-refractivity contribution in [2.75, 3.05) is 6.61 Å². The SMILES string of the molecule is CCOC(=O)n1ccc2cc(CCl)ccc21. The first kappa shape index (κ1) is 11.0. The van der Waals surface area contributed by atoms with Crippen LogP contribution in [0.1, 0.15) is 12.5 Å². The van der Waals surface area contributed by atoms with E-state index in [0.717, 1.165) is 16.5 Å². The number of rotatable bonds is 2. The first-order chi connectivity index (χ1) is 7.76. The number of benzene rings is 1. The second kappa shape index (κ2) is 4.58. The first-order valence-corrected chi connectivity index (χ1v) is 5.62. The fourth-order valence-corrected chi connectivity index (χ4v) is 1.79. The number of fused-ring (bicyclic) bond motifs is 1. The highest BCUT2D eigenvalue weighted by Gasteiger charge is 2.09. The minimum Gasteiger partial charge on any atom is -0.449 e. The van der Waals surface area contributed by atoms with Gasteiger partial charge in [-0.25, -0.2) is 4.79 Å². The number of hydrogen-bond donors (Lipinski definition) is 0. The van der Waals surface area contributed by atoms with Crippen molar-refractivity contribution in [2.24, 2.45) is 0 Å². The quantitative estimate of drug-likeness (QED) is 0.750. The van der Waals surface area contributed by atoms with E-state index in [1.54, 1.807) is 13.1 Å². The lowest BCUT2D eigenvalue weighted by Crippen LogP contribution is -2.11. The predicted molar refractivity (Wildman–Crippen MR) is 63.9 cm³/mol. The molecule has 0 atom stereocenters. The van der Waals surface area contributed by atoms with Gasteiger partial charge in [0.1, 0.15) is 0 Å². The van der Waals surface area contributed by atoms with Gasteiger partial charge in [0.25, 0.3) is 0 Å². The zero-order chi connectivity index (χ0) is 11.5. The second-order valence-electron chi connectivity index (χ2n) is 3.41. The topological polar surface area (TPSA) is 31.2 Å². The molecule has 0 radical (unpaired) electrons. The third-order valence-electron chi connectivity index (χ3n) is 2.37. The van der Waals surface area contributed by atoms with Crippen LogP contribution in [0.4, 0.5) is 4.79 Å². The Balaban J connectivity index is 2.45. The lowest BCUT2D eigenvalue weighted by Gasteiger charge is -2.04. The van der Waals surface area contributed by atoms with Gasteiger partial charge in [0, 0.05) is 17.5 Å². The summed E-state index contributed by atoms with van der Waals surface area (Å²) in [6.07, 6.45) is 1.36. The van der Waals surface area contributed by atoms with E-state index in [4.69, 9.17) is 16.3 Å².